The van der Waals surface area contributed by atoms with Gasteiger partial charge in [0.1, 0.15) is 0 Å². The lowest BCUT2D eigenvalue weighted by Gasteiger charge is -2.15. The summed E-state index contributed by atoms with van der Waals surface area (Å²) in [4.78, 5) is 11.8. The Bertz CT molecular complexity index is 447. The third-order valence-electron chi connectivity index (χ3n) is 3.25. The molecule has 1 aliphatic carbocycles. The molecule has 4 heteroatoms. The van der Waals surface area contributed by atoms with Crippen LogP contribution in [0, 0.1) is 11.8 Å². The van der Waals surface area contributed by atoms with Crippen LogP contribution in [0.15, 0.2) is 18.2 Å². The number of benzene rings is 1. The summed E-state index contributed by atoms with van der Waals surface area (Å²) < 4.78 is 0. The van der Waals surface area contributed by atoms with Crippen LogP contribution in [0.4, 0.5) is 0 Å². The minimum atomic E-state index is -0.0370. The number of rotatable bonds is 3. The fraction of sp³-hybridized carbons (Fsp3) is 0.462. The molecule has 92 valence electrons. The highest BCUT2D eigenvalue weighted by Gasteiger charge is 2.39. The molecule has 0 unspecified atom stereocenters. The Morgan fingerprint density at radius 3 is 2.59 bits per heavy atom. The fourth-order valence-corrected chi connectivity index (χ4v) is 2.18. The van der Waals surface area contributed by atoms with E-state index in [4.69, 9.17) is 23.2 Å². The van der Waals surface area contributed by atoms with E-state index in [9.17, 15) is 4.79 Å². The second-order valence-electron chi connectivity index (χ2n) is 4.72. The number of carbonyl (C=O) groups is 1. The van der Waals surface area contributed by atoms with Gasteiger partial charge in [-0.15, -0.1) is 0 Å². The first-order chi connectivity index (χ1) is 7.99. The van der Waals surface area contributed by atoms with Crippen molar-refractivity contribution in [3.63, 3.8) is 0 Å². The Kier molecular flexibility index (Phi) is 3.64. The van der Waals surface area contributed by atoms with Crippen LogP contribution in [0.1, 0.15) is 31.9 Å². The third kappa shape index (κ3) is 2.93. The zero-order valence-electron chi connectivity index (χ0n) is 9.84. The summed E-state index contributed by atoms with van der Waals surface area (Å²) in [5.74, 6) is 0.854. The fourth-order valence-electron chi connectivity index (χ4n) is 1.87. The minimum Gasteiger partial charge on any atom is -0.349 e. The van der Waals surface area contributed by atoms with Crippen LogP contribution in [0.25, 0.3) is 0 Å². The molecule has 0 saturated heterocycles. The maximum Gasteiger partial charge on any atom is 0.223 e. The summed E-state index contributed by atoms with van der Waals surface area (Å²) in [5, 5.41) is 4.05. The average Bonchev–Trinajstić information content (AvgIpc) is 2.99. The van der Waals surface area contributed by atoms with E-state index >= 15 is 0 Å². The zero-order chi connectivity index (χ0) is 12.6. The smallest absolute Gasteiger partial charge is 0.223 e. The number of nitrogens with one attached hydrogen (secondary N) is 1. The van der Waals surface area contributed by atoms with Crippen molar-refractivity contribution in [1.82, 2.24) is 5.32 Å². The number of hydrogen-bond donors (Lipinski definition) is 1. The van der Waals surface area contributed by atoms with Crippen LogP contribution in [0.3, 0.4) is 0 Å². The van der Waals surface area contributed by atoms with Gasteiger partial charge in [0.2, 0.25) is 5.91 Å². The summed E-state index contributed by atoms with van der Waals surface area (Å²) in [6.45, 7) is 4.04. The van der Waals surface area contributed by atoms with E-state index in [0.717, 1.165) is 12.0 Å². The van der Waals surface area contributed by atoms with Gasteiger partial charge in [-0.3, -0.25) is 4.79 Å². The summed E-state index contributed by atoms with van der Waals surface area (Å²) in [6, 6.07) is 5.40. The molecule has 2 nitrogen and oxygen atoms in total. The first-order valence-electron chi connectivity index (χ1n) is 5.74. The Hall–Kier alpha value is -0.730. The first-order valence-corrected chi connectivity index (χ1v) is 6.50. The van der Waals surface area contributed by atoms with E-state index in [1.165, 1.54) is 0 Å². The lowest BCUT2D eigenvalue weighted by molar-refractivity contribution is -0.123. The number of halogens is 2. The van der Waals surface area contributed by atoms with Gasteiger partial charge in [-0.05, 0) is 37.0 Å². The van der Waals surface area contributed by atoms with Gasteiger partial charge in [0.15, 0.2) is 0 Å². The number of carbonyl (C=O) groups excluding carboxylic acids is 1. The Labute approximate surface area is 111 Å². The molecule has 0 radical (unpaired) electrons. The standard InChI is InChI=1S/C13H15Cl2NO/c1-7-5-10(7)13(17)16-8(2)9-3-4-11(14)12(15)6-9/h3-4,6-8,10H,5H2,1-2H3,(H,16,17)/t7-,8+,10+/m1/s1. The normalized spacial score (nSPS) is 24.2. The van der Waals surface area contributed by atoms with Crippen LogP contribution in [0.5, 0.6) is 0 Å². The topological polar surface area (TPSA) is 29.1 Å². The Balaban J connectivity index is 2.01. The monoisotopic (exact) mass is 271 g/mol. The van der Waals surface area contributed by atoms with Crippen molar-refractivity contribution in [3.05, 3.63) is 33.8 Å². The molecule has 0 spiro atoms. The molecule has 0 aromatic heterocycles. The van der Waals surface area contributed by atoms with Crippen molar-refractivity contribution in [1.29, 1.82) is 0 Å². The molecule has 0 heterocycles. The minimum absolute atomic E-state index is 0.0370. The van der Waals surface area contributed by atoms with Gasteiger partial charge in [-0.1, -0.05) is 36.2 Å². The maximum absolute atomic E-state index is 11.8. The molecule has 1 saturated carbocycles. The van der Waals surface area contributed by atoms with Gasteiger partial charge in [0.25, 0.3) is 0 Å². The SMILES string of the molecule is C[C@H](NC(=O)[C@H]1C[C@H]1C)c1ccc(Cl)c(Cl)c1. The van der Waals surface area contributed by atoms with E-state index in [1.807, 2.05) is 13.0 Å². The molecule has 1 amide bonds. The molecule has 1 aliphatic rings. The largest absolute Gasteiger partial charge is 0.349 e. The quantitative estimate of drug-likeness (QED) is 0.890. The molecule has 3 atom stereocenters. The Morgan fingerprint density at radius 2 is 2.06 bits per heavy atom. The average molecular weight is 272 g/mol. The predicted octanol–water partition coefficient (Wildman–Crippen LogP) is 3.83. The van der Waals surface area contributed by atoms with Crippen molar-refractivity contribution in [3.8, 4) is 0 Å². The van der Waals surface area contributed by atoms with Crippen LogP contribution in [0.2, 0.25) is 10.0 Å². The first kappa shape index (κ1) is 12.7. The van der Waals surface area contributed by atoms with Crippen molar-refractivity contribution in [2.75, 3.05) is 0 Å². The van der Waals surface area contributed by atoms with Gasteiger partial charge < -0.3 is 5.32 Å². The molecule has 2 rings (SSSR count). The molecule has 1 fully saturated rings. The van der Waals surface area contributed by atoms with E-state index in [1.54, 1.807) is 12.1 Å². The summed E-state index contributed by atoms with van der Waals surface area (Å²) in [7, 11) is 0. The van der Waals surface area contributed by atoms with Crippen LogP contribution in [-0.2, 0) is 4.79 Å². The number of amides is 1. The highest BCUT2D eigenvalue weighted by Crippen LogP contribution is 2.38. The molecule has 17 heavy (non-hydrogen) atoms. The van der Waals surface area contributed by atoms with Gasteiger partial charge >= 0.3 is 0 Å². The molecule has 0 aliphatic heterocycles. The third-order valence-corrected chi connectivity index (χ3v) is 3.99. The van der Waals surface area contributed by atoms with Gasteiger partial charge in [0, 0.05) is 5.92 Å². The predicted molar refractivity (Wildman–Crippen MR) is 70.3 cm³/mol. The maximum atomic E-state index is 11.8. The number of hydrogen-bond acceptors (Lipinski definition) is 1. The lowest BCUT2D eigenvalue weighted by atomic mass is 10.1. The highest BCUT2D eigenvalue weighted by molar-refractivity contribution is 6.42. The molecule has 1 N–H and O–H groups in total. The van der Waals surface area contributed by atoms with Crippen LogP contribution >= 0.6 is 23.2 Å². The van der Waals surface area contributed by atoms with Gasteiger partial charge in [-0.25, -0.2) is 0 Å². The van der Waals surface area contributed by atoms with Crippen LogP contribution in [-0.4, -0.2) is 5.91 Å². The van der Waals surface area contributed by atoms with Gasteiger partial charge in [-0.2, -0.15) is 0 Å². The lowest BCUT2D eigenvalue weighted by Crippen LogP contribution is -2.28. The van der Waals surface area contributed by atoms with Crippen molar-refractivity contribution in [2.24, 2.45) is 11.8 Å². The Morgan fingerprint density at radius 1 is 1.41 bits per heavy atom. The van der Waals surface area contributed by atoms with E-state index in [-0.39, 0.29) is 17.9 Å². The summed E-state index contributed by atoms with van der Waals surface area (Å²) in [5.41, 5.74) is 0.973. The van der Waals surface area contributed by atoms with Gasteiger partial charge in [0.05, 0.1) is 16.1 Å². The van der Waals surface area contributed by atoms with Crippen molar-refractivity contribution < 1.29 is 4.79 Å². The second kappa shape index (κ2) is 4.87. The molecular weight excluding hydrogens is 257 g/mol. The second-order valence-corrected chi connectivity index (χ2v) is 5.54. The zero-order valence-corrected chi connectivity index (χ0v) is 11.3. The molecular formula is C13H15Cl2NO. The van der Waals surface area contributed by atoms with Crippen LogP contribution < -0.4 is 5.32 Å². The molecule has 1 aromatic carbocycles. The summed E-state index contributed by atoms with van der Waals surface area (Å²) in [6.07, 6.45) is 1.000. The molecule has 0 bridgehead atoms. The van der Waals surface area contributed by atoms with E-state index in [0.29, 0.717) is 16.0 Å². The van der Waals surface area contributed by atoms with Crippen molar-refractivity contribution in [2.45, 2.75) is 26.3 Å². The molecule has 1 aromatic rings. The van der Waals surface area contributed by atoms with Crippen molar-refractivity contribution >= 4 is 29.1 Å². The van der Waals surface area contributed by atoms with E-state index in [2.05, 4.69) is 12.2 Å². The summed E-state index contributed by atoms with van der Waals surface area (Å²) >= 11 is 11.8. The van der Waals surface area contributed by atoms with E-state index < -0.39 is 0 Å². The highest BCUT2D eigenvalue weighted by atomic mass is 35.5.